The van der Waals surface area contributed by atoms with E-state index < -0.39 is 12.0 Å². The minimum absolute atomic E-state index is 0.420. The Morgan fingerprint density at radius 1 is 1.00 bits per heavy atom. The number of ether oxygens (including phenoxy) is 2. The van der Waals surface area contributed by atoms with Crippen LogP contribution in [0.3, 0.4) is 0 Å². The summed E-state index contributed by atoms with van der Waals surface area (Å²) in [6.45, 7) is 4.08. The molecule has 0 spiro atoms. The maximum atomic E-state index is 11.9. The Morgan fingerprint density at radius 3 is 2.58 bits per heavy atom. The van der Waals surface area contributed by atoms with Crippen LogP contribution in [-0.2, 0) is 30.8 Å². The number of rotatable bonds is 8. The second-order valence-corrected chi connectivity index (χ2v) is 9.93. The van der Waals surface area contributed by atoms with Crippen molar-refractivity contribution in [2.75, 3.05) is 13.7 Å². The molecule has 0 aromatic heterocycles. The molecule has 1 aliphatic heterocycles. The van der Waals surface area contributed by atoms with Gasteiger partial charge in [0, 0.05) is 18.2 Å². The topological polar surface area (TPSA) is 59.0 Å². The van der Waals surface area contributed by atoms with Crippen LogP contribution in [-0.4, -0.2) is 35.7 Å². The molecule has 1 fully saturated rings. The van der Waals surface area contributed by atoms with Gasteiger partial charge in [0.25, 0.3) is 0 Å². The molecule has 188 valence electrons. The molecule has 0 radical (unpaired) electrons. The molecule has 1 atom stereocenters. The zero-order valence-electron chi connectivity index (χ0n) is 21.3. The molecule has 5 rings (SSSR count). The zero-order chi connectivity index (χ0) is 25.1. The van der Waals surface area contributed by atoms with Gasteiger partial charge in [-0.1, -0.05) is 55.0 Å². The summed E-state index contributed by atoms with van der Waals surface area (Å²) in [7, 11) is 1.70. The SMILES string of the molecule is COc1cc(OCc2cccc(-c3ccccc3)c2C)c2c(c1CN1CCCC[C@H]1C(=O)O)CCC2. The average Bonchev–Trinajstić information content (AvgIpc) is 3.40. The van der Waals surface area contributed by atoms with Gasteiger partial charge in [0.1, 0.15) is 24.1 Å². The fraction of sp³-hybridized carbons (Fsp3) is 0.387. The Balaban J connectivity index is 1.41. The fourth-order valence-corrected chi connectivity index (χ4v) is 5.86. The lowest BCUT2D eigenvalue weighted by atomic mass is 9.96. The summed E-state index contributed by atoms with van der Waals surface area (Å²) in [4.78, 5) is 14.0. The van der Waals surface area contributed by atoms with Gasteiger partial charge in [0.15, 0.2) is 0 Å². The number of piperidine rings is 1. The largest absolute Gasteiger partial charge is 0.496 e. The molecule has 0 saturated carbocycles. The quantitative estimate of drug-likeness (QED) is 0.413. The number of carboxylic acids is 1. The first-order chi connectivity index (χ1) is 17.6. The average molecular weight is 486 g/mol. The lowest BCUT2D eigenvalue weighted by Gasteiger charge is -2.34. The minimum atomic E-state index is -0.724. The number of fused-ring (bicyclic) bond motifs is 1. The van der Waals surface area contributed by atoms with Crippen LogP contribution in [0.25, 0.3) is 11.1 Å². The number of hydrogen-bond donors (Lipinski definition) is 1. The molecule has 1 heterocycles. The number of carbonyl (C=O) groups is 1. The van der Waals surface area contributed by atoms with Crippen molar-refractivity contribution in [1.82, 2.24) is 4.90 Å². The maximum Gasteiger partial charge on any atom is 0.320 e. The predicted octanol–water partition coefficient (Wildman–Crippen LogP) is 6.18. The smallest absolute Gasteiger partial charge is 0.320 e. The maximum absolute atomic E-state index is 11.9. The van der Waals surface area contributed by atoms with Gasteiger partial charge in [0.2, 0.25) is 0 Å². The number of carboxylic acid groups (broad SMARTS) is 1. The number of benzene rings is 3. The van der Waals surface area contributed by atoms with Crippen LogP contribution < -0.4 is 9.47 Å². The molecular formula is C31H35NO4. The van der Waals surface area contributed by atoms with Gasteiger partial charge < -0.3 is 14.6 Å². The zero-order valence-corrected chi connectivity index (χ0v) is 21.3. The normalized spacial score (nSPS) is 17.6. The van der Waals surface area contributed by atoms with Crippen LogP contribution in [0.4, 0.5) is 0 Å². The summed E-state index contributed by atoms with van der Waals surface area (Å²) >= 11 is 0. The third kappa shape index (κ3) is 4.85. The second kappa shape index (κ2) is 10.8. The molecule has 5 heteroatoms. The number of hydrogen-bond acceptors (Lipinski definition) is 4. The molecule has 1 N–H and O–H groups in total. The highest BCUT2D eigenvalue weighted by Gasteiger charge is 2.31. The lowest BCUT2D eigenvalue weighted by Crippen LogP contribution is -2.44. The molecular weight excluding hydrogens is 450 g/mol. The molecule has 0 amide bonds. The monoisotopic (exact) mass is 485 g/mol. The molecule has 0 unspecified atom stereocenters. The van der Waals surface area contributed by atoms with Crippen molar-refractivity contribution >= 4 is 5.97 Å². The van der Waals surface area contributed by atoms with Crippen LogP contribution >= 0.6 is 0 Å². The third-order valence-corrected chi connectivity index (χ3v) is 7.83. The second-order valence-electron chi connectivity index (χ2n) is 9.93. The summed E-state index contributed by atoms with van der Waals surface area (Å²) < 4.78 is 12.3. The first-order valence-electron chi connectivity index (χ1n) is 13.0. The van der Waals surface area contributed by atoms with Crippen molar-refractivity contribution in [3.63, 3.8) is 0 Å². The summed E-state index contributed by atoms with van der Waals surface area (Å²) in [5, 5.41) is 9.75. The van der Waals surface area contributed by atoms with E-state index in [1.54, 1.807) is 7.11 Å². The summed E-state index contributed by atoms with van der Waals surface area (Å²) in [5.41, 5.74) is 8.51. The number of methoxy groups -OCH3 is 1. The minimum Gasteiger partial charge on any atom is -0.496 e. The van der Waals surface area contributed by atoms with E-state index in [1.165, 1.54) is 33.4 Å². The van der Waals surface area contributed by atoms with E-state index in [0.29, 0.717) is 19.6 Å². The highest BCUT2D eigenvalue weighted by Crippen LogP contribution is 2.41. The highest BCUT2D eigenvalue weighted by molar-refractivity contribution is 5.73. The van der Waals surface area contributed by atoms with E-state index in [-0.39, 0.29) is 0 Å². The fourth-order valence-electron chi connectivity index (χ4n) is 5.86. The standard InChI is InChI=1S/C31H35NO4/c1-21-23(12-8-13-24(21)22-10-4-3-5-11-22)20-36-30-18-29(35-2)27(25-14-9-15-26(25)30)19-32-17-7-6-16-28(32)31(33)34/h3-5,8,10-13,18,28H,6-7,9,14-17,19-20H2,1-2H3,(H,33,34)/t28-/m0/s1. The van der Waals surface area contributed by atoms with Crippen molar-refractivity contribution in [1.29, 1.82) is 0 Å². The first kappa shape index (κ1) is 24.4. The molecule has 0 bridgehead atoms. The molecule has 3 aromatic rings. The summed E-state index contributed by atoms with van der Waals surface area (Å²) in [6.07, 6.45) is 5.76. The van der Waals surface area contributed by atoms with Crippen molar-refractivity contribution in [3.8, 4) is 22.6 Å². The van der Waals surface area contributed by atoms with Crippen molar-refractivity contribution in [2.45, 2.75) is 64.6 Å². The summed E-state index contributed by atoms with van der Waals surface area (Å²) in [5.74, 6) is 0.967. The van der Waals surface area contributed by atoms with Crippen LogP contribution in [0.15, 0.2) is 54.6 Å². The summed E-state index contributed by atoms with van der Waals surface area (Å²) in [6, 6.07) is 18.4. The molecule has 3 aromatic carbocycles. The Morgan fingerprint density at radius 2 is 1.81 bits per heavy atom. The van der Waals surface area contributed by atoms with Gasteiger partial charge in [-0.25, -0.2) is 0 Å². The number of nitrogens with zero attached hydrogens (tertiary/aromatic N) is 1. The lowest BCUT2D eigenvalue weighted by molar-refractivity contribution is -0.144. The van der Waals surface area contributed by atoms with E-state index in [9.17, 15) is 9.90 Å². The van der Waals surface area contributed by atoms with Crippen molar-refractivity contribution in [3.05, 3.63) is 82.4 Å². The van der Waals surface area contributed by atoms with Gasteiger partial charge in [-0.3, -0.25) is 9.69 Å². The van der Waals surface area contributed by atoms with Crippen LogP contribution in [0.2, 0.25) is 0 Å². The van der Waals surface area contributed by atoms with Crippen LogP contribution in [0.5, 0.6) is 11.5 Å². The van der Waals surface area contributed by atoms with Crippen LogP contribution in [0.1, 0.15) is 53.5 Å². The van der Waals surface area contributed by atoms with E-state index in [2.05, 4.69) is 54.3 Å². The van der Waals surface area contributed by atoms with Gasteiger partial charge in [-0.15, -0.1) is 0 Å². The van der Waals surface area contributed by atoms with Gasteiger partial charge >= 0.3 is 5.97 Å². The van der Waals surface area contributed by atoms with Gasteiger partial charge in [-0.05, 0) is 79.0 Å². The molecule has 36 heavy (non-hydrogen) atoms. The van der Waals surface area contributed by atoms with E-state index >= 15 is 0 Å². The third-order valence-electron chi connectivity index (χ3n) is 7.83. The van der Waals surface area contributed by atoms with E-state index in [0.717, 1.165) is 55.7 Å². The van der Waals surface area contributed by atoms with E-state index in [4.69, 9.17) is 9.47 Å². The van der Waals surface area contributed by atoms with E-state index in [1.807, 2.05) is 12.1 Å². The number of likely N-dealkylation sites (tertiary alicyclic amines) is 1. The van der Waals surface area contributed by atoms with Gasteiger partial charge in [0.05, 0.1) is 7.11 Å². The molecule has 5 nitrogen and oxygen atoms in total. The highest BCUT2D eigenvalue weighted by atomic mass is 16.5. The Kier molecular flexibility index (Phi) is 7.28. The number of aliphatic carboxylic acids is 1. The molecule has 2 aliphatic rings. The van der Waals surface area contributed by atoms with Crippen molar-refractivity contribution < 1.29 is 19.4 Å². The van der Waals surface area contributed by atoms with Gasteiger partial charge in [-0.2, -0.15) is 0 Å². The Labute approximate surface area is 213 Å². The Bertz CT molecular complexity index is 1240. The van der Waals surface area contributed by atoms with Crippen molar-refractivity contribution in [2.24, 2.45) is 0 Å². The Hall–Kier alpha value is -3.31. The molecule has 1 saturated heterocycles. The van der Waals surface area contributed by atoms with Crippen LogP contribution in [0, 0.1) is 6.92 Å². The molecule has 1 aliphatic carbocycles. The first-order valence-corrected chi connectivity index (χ1v) is 13.0. The predicted molar refractivity (Wildman–Crippen MR) is 142 cm³/mol.